The van der Waals surface area contributed by atoms with E-state index in [2.05, 4.69) is 12.1 Å². The van der Waals surface area contributed by atoms with E-state index in [9.17, 15) is 17.6 Å². The smallest absolute Gasteiger partial charge is 0.200 e. The molecule has 0 atom stereocenters. The predicted octanol–water partition coefficient (Wildman–Crippen LogP) is 8.93. The Bertz CT molecular complexity index is 1130. The molecule has 0 aliphatic carbocycles. The van der Waals surface area contributed by atoms with E-state index in [1.165, 1.54) is 30.7 Å². The van der Waals surface area contributed by atoms with Gasteiger partial charge in [0, 0.05) is 0 Å². The number of halogens is 4. The molecule has 0 bridgehead atoms. The topological polar surface area (TPSA) is 9.23 Å². The van der Waals surface area contributed by atoms with Crippen LogP contribution in [0.15, 0.2) is 66.5 Å². The predicted molar refractivity (Wildman–Crippen MR) is 134 cm³/mol. The van der Waals surface area contributed by atoms with Crippen LogP contribution in [0.25, 0.3) is 11.1 Å². The molecule has 0 fully saturated rings. The Morgan fingerprint density at radius 3 is 2.14 bits per heavy atom. The van der Waals surface area contributed by atoms with E-state index in [4.69, 9.17) is 4.74 Å². The average molecular weight is 485 g/mol. The van der Waals surface area contributed by atoms with E-state index in [-0.39, 0.29) is 42.4 Å². The Kier molecular flexibility index (Phi) is 9.95. The van der Waals surface area contributed by atoms with E-state index >= 15 is 0 Å². The number of rotatable bonds is 12. The normalized spacial score (nSPS) is 11.7. The summed E-state index contributed by atoms with van der Waals surface area (Å²) >= 11 is 0. The molecule has 3 rings (SSSR count). The van der Waals surface area contributed by atoms with Crippen LogP contribution in [-0.2, 0) is 19.3 Å². The van der Waals surface area contributed by atoms with Gasteiger partial charge in [-0.3, -0.25) is 0 Å². The van der Waals surface area contributed by atoms with Crippen molar-refractivity contribution < 1.29 is 22.3 Å². The van der Waals surface area contributed by atoms with Crippen LogP contribution in [0.3, 0.4) is 0 Å². The highest BCUT2D eigenvalue weighted by molar-refractivity contribution is 5.64. The molecule has 0 saturated carbocycles. The van der Waals surface area contributed by atoms with Crippen molar-refractivity contribution in [2.24, 2.45) is 0 Å². The van der Waals surface area contributed by atoms with Gasteiger partial charge >= 0.3 is 0 Å². The van der Waals surface area contributed by atoms with Gasteiger partial charge in [-0.1, -0.05) is 55.0 Å². The van der Waals surface area contributed by atoms with Gasteiger partial charge < -0.3 is 4.74 Å². The molecule has 0 spiro atoms. The second-order valence-corrected chi connectivity index (χ2v) is 8.68. The molecule has 0 N–H and O–H groups in total. The lowest BCUT2D eigenvalue weighted by molar-refractivity contribution is 0.313. The van der Waals surface area contributed by atoms with Gasteiger partial charge in [0.05, 0.1) is 12.4 Å². The van der Waals surface area contributed by atoms with Crippen molar-refractivity contribution >= 4 is 0 Å². The molecule has 0 radical (unpaired) electrons. The van der Waals surface area contributed by atoms with Crippen LogP contribution in [0.4, 0.5) is 17.6 Å². The van der Waals surface area contributed by atoms with Crippen LogP contribution in [0.5, 0.6) is 5.75 Å². The third-order valence-corrected chi connectivity index (χ3v) is 6.03. The number of hydrogen-bond acceptors (Lipinski definition) is 1. The molecular weight excluding hydrogens is 452 g/mol. The van der Waals surface area contributed by atoms with Crippen LogP contribution in [0, 0.1) is 17.5 Å². The average Bonchev–Trinajstić information content (AvgIpc) is 2.84. The summed E-state index contributed by atoms with van der Waals surface area (Å²) in [4.78, 5) is 0. The molecule has 3 aromatic carbocycles. The first-order valence-corrected chi connectivity index (χ1v) is 12.2. The van der Waals surface area contributed by atoms with E-state index in [0.717, 1.165) is 43.2 Å². The standard InChI is InChI=1S/C30H32F4O/c1-3-35-28-19-18-25(29(33)30(28)34)16-14-24-15-17-26(20-27(24)32)23-12-10-22(11-13-23)9-7-5-4-6-8-21(2)31/h8,10-13,15,17-20H,3-7,9,14,16H2,1-2H3/b21-8+. The number of allylic oxidation sites excluding steroid dienone is 2. The maximum atomic E-state index is 14.8. The highest BCUT2D eigenvalue weighted by atomic mass is 19.2. The van der Waals surface area contributed by atoms with E-state index in [1.54, 1.807) is 19.1 Å². The molecule has 3 aromatic rings. The van der Waals surface area contributed by atoms with Gasteiger partial charge in [0.1, 0.15) is 5.82 Å². The van der Waals surface area contributed by atoms with Crippen LogP contribution in [0.2, 0.25) is 0 Å². The van der Waals surface area contributed by atoms with E-state index in [0.29, 0.717) is 5.56 Å². The van der Waals surface area contributed by atoms with Gasteiger partial charge in [-0.15, -0.1) is 0 Å². The molecule has 0 saturated heterocycles. The van der Waals surface area contributed by atoms with Gasteiger partial charge in [-0.2, -0.15) is 4.39 Å². The van der Waals surface area contributed by atoms with Crippen molar-refractivity contribution in [1.82, 2.24) is 0 Å². The Morgan fingerprint density at radius 1 is 0.771 bits per heavy atom. The van der Waals surface area contributed by atoms with Crippen LogP contribution >= 0.6 is 0 Å². The lowest BCUT2D eigenvalue weighted by Crippen LogP contribution is -2.02. The summed E-state index contributed by atoms with van der Waals surface area (Å²) in [7, 11) is 0. The summed E-state index contributed by atoms with van der Waals surface area (Å²) in [6, 6.07) is 16.0. The minimum Gasteiger partial charge on any atom is -0.491 e. The second-order valence-electron chi connectivity index (χ2n) is 8.68. The van der Waals surface area contributed by atoms with E-state index < -0.39 is 11.6 Å². The highest BCUT2D eigenvalue weighted by Crippen LogP contribution is 2.26. The molecule has 0 aromatic heterocycles. The third kappa shape index (κ3) is 7.71. The van der Waals surface area contributed by atoms with Crippen molar-refractivity contribution in [2.45, 2.75) is 58.8 Å². The molecule has 1 nitrogen and oxygen atoms in total. The molecule has 0 unspecified atom stereocenters. The number of unbranched alkanes of at least 4 members (excludes halogenated alkanes) is 3. The summed E-state index contributed by atoms with van der Waals surface area (Å²) < 4.78 is 60.9. The SMILES string of the molecule is CCOc1ccc(CCc2ccc(-c3ccc(CCCCC/C=C(\C)F)cc3)cc2F)c(F)c1F. The zero-order chi connectivity index (χ0) is 25.2. The Labute approximate surface area is 205 Å². The molecular formula is C30H32F4O. The minimum absolute atomic E-state index is 0.114. The zero-order valence-electron chi connectivity index (χ0n) is 20.4. The first-order valence-electron chi connectivity index (χ1n) is 12.2. The first-order chi connectivity index (χ1) is 16.9. The molecule has 186 valence electrons. The first kappa shape index (κ1) is 26.5. The lowest BCUT2D eigenvalue weighted by atomic mass is 9.98. The molecule has 0 aliphatic heterocycles. The summed E-state index contributed by atoms with van der Waals surface area (Å²) in [6.07, 6.45) is 6.86. The van der Waals surface area contributed by atoms with Gasteiger partial charge in [-0.25, -0.2) is 13.2 Å². The maximum Gasteiger partial charge on any atom is 0.200 e. The number of ether oxygens (including phenoxy) is 1. The summed E-state index contributed by atoms with van der Waals surface area (Å²) in [6.45, 7) is 3.41. The van der Waals surface area contributed by atoms with Gasteiger partial charge in [-0.05, 0) is 92.3 Å². The Balaban J connectivity index is 1.56. The number of hydrogen-bond donors (Lipinski definition) is 0. The van der Waals surface area contributed by atoms with Crippen molar-refractivity contribution in [3.8, 4) is 16.9 Å². The fourth-order valence-corrected chi connectivity index (χ4v) is 4.05. The number of aryl methyl sites for hydroxylation is 3. The van der Waals surface area contributed by atoms with Crippen LogP contribution in [0.1, 0.15) is 56.2 Å². The van der Waals surface area contributed by atoms with Crippen LogP contribution < -0.4 is 4.74 Å². The quantitative estimate of drug-likeness (QED) is 0.184. The van der Waals surface area contributed by atoms with Gasteiger partial charge in [0.2, 0.25) is 5.82 Å². The summed E-state index contributed by atoms with van der Waals surface area (Å²) in [5, 5.41) is 0. The largest absolute Gasteiger partial charge is 0.491 e. The fraction of sp³-hybridized carbons (Fsp3) is 0.333. The van der Waals surface area contributed by atoms with Crippen LogP contribution in [-0.4, -0.2) is 6.61 Å². The van der Waals surface area contributed by atoms with Crippen molar-refractivity contribution in [3.63, 3.8) is 0 Å². The maximum absolute atomic E-state index is 14.8. The zero-order valence-corrected chi connectivity index (χ0v) is 20.4. The highest BCUT2D eigenvalue weighted by Gasteiger charge is 2.15. The number of benzene rings is 3. The Morgan fingerprint density at radius 2 is 1.46 bits per heavy atom. The lowest BCUT2D eigenvalue weighted by Gasteiger charge is -2.10. The van der Waals surface area contributed by atoms with Gasteiger partial charge in [0.15, 0.2) is 11.6 Å². The van der Waals surface area contributed by atoms with Crippen molar-refractivity contribution in [2.75, 3.05) is 6.61 Å². The van der Waals surface area contributed by atoms with Crippen molar-refractivity contribution in [1.29, 1.82) is 0 Å². The van der Waals surface area contributed by atoms with E-state index in [1.807, 2.05) is 18.2 Å². The summed E-state index contributed by atoms with van der Waals surface area (Å²) in [5.74, 6) is -2.55. The van der Waals surface area contributed by atoms with Crippen molar-refractivity contribution in [3.05, 3.63) is 101 Å². The fourth-order valence-electron chi connectivity index (χ4n) is 4.05. The second kappa shape index (κ2) is 13.1. The third-order valence-electron chi connectivity index (χ3n) is 6.03. The molecule has 0 amide bonds. The van der Waals surface area contributed by atoms with Gasteiger partial charge in [0.25, 0.3) is 0 Å². The Hall–Kier alpha value is -3.08. The molecule has 35 heavy (non-hydrogen) atoms. The molecule has 0 aliphatic rings. The molecule has 0 heterocycles. The summed E-state index contributed by atoms with van der Waals surface area (Å²) in [5.41, 5.74) is 3.55. The minimum atomic E-state index is -1.01. The molecule has 5 heteroatoms. The monoisotopic (exact) mass is 484 g/mol.